The van der Waals surface area contributed by atoms with Crippen LogP contribution in [0.1, 0.15) is 12.5 Å². The molecule has 16 heavy (non-hydrogen) atoms. The van der Waals surface area contributed by atoms with Crippen LogP contribution in [0.4, 0.5) is 4.79 Å². The number of pyridine rings is 1. The number of rotatable bonds is 5. The van der Waals surface area contributed by atoms with E-state index in [-0.39, 0.29) is 12.1 Å². The lowest BCUT2D eigenvalue weighted by Crippen LogP contribution is -2.42. The van der Waals surface area contributed by atoms with E-state index in [0.29, 0.717) is 13.2 Å². The van der Waals surface area contributed by atoms with Gasteiger partial charge in [0.2, 0.25) is 0 Å². The van der Waals surface area contributed by atoms with Crippen molar-refractivity contribution >= 4 is 6.03 Å². The standard InChI is InChI=1S/C11H17N3O2/c1-9(8-16-2)14-11(15)13-7-10-4-3-5-12-6-10/h3-6,9H,7-8H2,1-2H3,(H2,13,14,15). The normalized spacial score (nSPS) is 11.9. The summed E-state index contributed by atoms with van der Waals surface area (Å²) in [6, 6.07) is 3.54. The first-order chi connectivity index (χ1) is 7.72. The molecular weight excluding hydrogens is 206 g/mol. The van der Waals surface area contributed by atoms with Crippen molar-refractivity contribution in [3.05, 3.63) is 30.1 Å². The molecule has 0 spiro atoms. The van der Waals surface area contributed by atoms with Crippen LogP contribution in [-0.4, -0.2) is 30.8 Å². The summed E-state index contributed by atoms with van der Waals surface area (Å²) in [5.41, 5.74) is 0.969. The second-order valence-corrected chi connectivity index (χ2v) is 3.54. The summed E-state index contributed by atoms with van der Waals surface area (Å²) in [6.45, 7) is 2.85. The van der Waals surface area contributed by atoms with E-state index in [4.69, 9.17) is 4.74 Å². The van der Waals surface area contributed by atoms with Crippen LogP contribution >= 0.6 is 0 Å². The predicted molar refractivity (Wildman–Crippen MR) is 60.9 cm³/mol. The van der Waals surface area contributed by atoms with Crippen LogP contribution in [0.2, 0.25) is 0 Å². The Hall–Kier alpha value is -1.62. The Balaban J connectivity index is 2.25. The molecule has 1 aromatic heterocycles. The Morgan fingerprint density at radius 1 is 1.62 bits per heavy atom. The first kappa shape index (κ1) is 12.4. The van der Waals surface area contributed by atoms with E-state index >= 15 is 0 Å². The highest BCUT2D eigenvalue weighted by molar-refractivity contribution is 5.74. The maximum atomic E-state index is 11.4. The molecule has 1 aromatic rings. The van der Waals surface area contributed by atoms with Gasteiger partial charge in [-0.3, -0.25) is 4.98 Å². The fourth-order valence-corrected chi connectivity index (χ4v) is 1.25. The molecule has 0 aliphatic rings. The second-order valence-electron chi connectivity index (χ2n) is 3.54. The highest BCUT2D eigenvalue weighted by atomic mass is 16.5. The van der Waals surface area contributed by atoms with Gasteiger partial charge in [0.1, 0.15) is 0 Å². The maximum absolute atomic E-state index is 11.4. The lowest BCUT2D eigenvalue weighted by atomic mass is 10.3. The summed E-state index contributed by atoms with van der Waals surface area (Å²) in [5.74, 6) is 0. The molecule has 0 fully saturated rings. The number of ether oxygens (including phenoxy) is 1. The SMILES string of the molecule is COCC(C)NC(=O)NCc1cccnc1. The summed E-state index contributed by atoms with van der Waals surface area (Å²) < 4.78 is 4.91. The highest BCUT2D eigenvalue weighted by Crippen LogP contribution is 1.94. The number of aromatic nitrogens is 1. The fourth-order valence-electron chi connectivity index (χ4n) is 1.25. The van der Waals surface area contributed by atoms with Gasteiger partial charge in [-0.1, -0.05) is 6.07 Å². The largest absolute Gasteiger partial charge is 0.383 e. The Kier molecular flexibility index (Phi) is 5.28. The van der Waals surface area contributed by atoms with Crippen LogP contribution in [0.5, 0.6) is 0 Å². The summed E-state index contributed by atoms with van der Waals surface area (Å²) in [7, 11) is 1.60. The molecule has 0 saturated carbocycles. The average molecular weight is 223 g/mol. The molecule has 0 aliphatic heterocycles. The molecule has 1 unspecified atom stereocenters. The Labute approximate surface area is 95.2 Å². The highest BCUT2D eigenvalue weighted by Gasteiger charge is 2.05. The summed E-state index contributed by atoms with van der Waals surface area (Å²) >= 11 is 0. The third-order valence-electron chi connectivity index (χ3n) is 1.97. The third kappa shape index (κ3) is 4.75. The molecule has 5 heteroatoms. The van der Waals surface area contributed by atoms with Crippen molar-refractivity contribution in [2.75, 3.05) is 13.7 Å². The molecule has 0 aliphatic carbocycles. The lowest BCUT2D eigenvalue weighted by molar-refractivity contribution is 0.171. The molecule has 88 valence electrons. The zero-order valence-corrected chi connectivity index (χ0v) is 9.56. The first-order valence-electron chi connectivity index (χ1n) is 5.14. The molecular formula is C11H17N3O2. The number of nitrogens with zero attached hydrogens (tertiary/aromatic N) is 1. The fraction of sp³-hybridized carbons (Fsp3) is 0.455. The van der Waals surface area contributed by atoms with E-state index in [0.717, 1.165) is 5.56 Å². The van der Waals surface area contributed by atoms with E-state index in [1.54, 1.807) is 19.5 Å². The number of carbonyl (C=O) groups is 1. The van der Waals surface area contributed by atoms with Gasteiger partial charge in [0.05, 0.1) is 12.6 Å². The van der Waals surface area contributed by atoms with Gasteiger partial charge < -0.3 is 15.4 Å². The van der Waals surface area contributed by atoms with Crippen LogP contribution in [0.15, 0.2) is 24.5 Å². The number of carbonyl (C=O) groups excluding carboxylic acids is 1. The van der Waals surface area contributed by atoms with Crippen LogP contribution < -0.4 is 10.6 Å². The Morgan fingerprint density at radius 3 is 3.06 bits per heavy atom. The van der Waals surface area contributed by atoms with Gasteiger partial charge >= 0.3 is 6.03 Å². The van der Waals surface area contributed by atoms with E-state index in [9.17, 15) is 4.79 Å². The van der Waals surface area contributed by atoms with Gasteiger partial charge in [0.15, 0.2) is 0 Å². The molecule has 0 saturated heterocycles. The molecule has 5 nitrogen and oxygen atoms in total. The van der Waals surface area contributed by atoms with Crippen LogP contribution in [0.25, 0.3) is 0 Å². The predicted octanol–water partition coefficient (Wildman–Crippen LogP) is 0.916. The third-order valence-corrected chi connectivity index (χ3v) is 1.97. The summed E-state index contributed by atoms with van der Waals surface area (Å²) in [4.78, 5) is 15.4. The quantitative estimate of drug-likeness (QED) is 0.780. The zero-order chi connectivity index (χ0) is 11.8. The molecule has 1 heterocycles. The Morgan fingerprint density at radius 2 is 2.44 bits per heavy atom. The van der Waals surface area contributed by atoms with Crippen molar-refractivity contribution in [1.29, 1.82) is 0 Å². The molecule has 0 radical (unpaired) electrons. The van der Waals surface area contributed by atoms with E-state index in [1.165, 1.54) is 0 Å². The minimum absolute atomic E-state index is 0.00102. The van der Waals surface area contributed by atoms with Gasteiger partial charge in [-0.2, -0.15) is 0 Å². The van der Waals surface area contributed by atoms with Gasteiger partial charge in [-0.25, -0.2) is 4.79 Å². The topological polar surface area (TPSA) is 63.2 Å². The number of hydrogen-bond acceptors (Lipinski definition) is 3. The number of hydrogen-bond donors (Lipinski definition) is 2. The number of amides is 2. The number of nitrogens with one attached hydrogen (secondary N) is 2. The summed E-state index contributed by atoms with van der Waals surface area (Å²) in [5, 5.41) is 5.50. The maximum Gasteiger partial charge on any atom is 0.315 e. The molecule has 2 N–H and O–H groups in total. The van der Waals surface area contributed by atoms with Crippen molar-refractivity contribution in [3.8, 4) is 0 Å². The van der Waals surface area contributed by atoms with Crippen LogP contribution in [0.3, 0.4) is 0 Å². The van der Waals surface area contributed by atoms with Gasteiger partial charge in [0, 0.05) is 26.0 Å². The minimum Gasteiger partial charge on any atom is -0.383 e. The van der Waals surface area contributed by atoms with Gasteiger partial charge in [-0.15, -0.1) is 0 Å². The van der Waals surface area contributed by atoms with Crippen molar-refractivity contribution in [2.24, 2.45) is 0 Å². The molecule has 1 atom stereocenters. The molecule has 2 amide bonds. The van der Waals surface area contributed by atoms with Crippen LogP contribution in [-0.2, 0) is 11.3 Å². The van der Waals surface area contributed by atoms with Gasteiger partial charge in [0.25, 0.3) is 0 Å². The molecule has 0 bridgehead atoms. The number of urea groups is 1. The average Bonchev–Trinajstić information content (AvgIpc) is 2.28. The summed E-state index contributed by atoms with van der Waals surface area (Å²) in [6.07, 6.45) is 3.42. The Bertz CT molecular complexity index is 316. The molecule has 1 rings (SSSR count). The van der Waals surface area contributed by atoms with E-state index < -0.39 is 0 Å². The minimum atomic E-state index is -0.201. The smallest absolute Gasteiger partial charge is 0.315 e. The van der Waals surface area contributed by atoms with E-state index in [2.05, 4.69) is 15.6 Å². The second kappa shape index (κ2) is 6.79. The van der Waals surface area contributed by atoms with Crippen molar-refractivity contribution in [2.45, 2.75) is 19.5 Å². The zero-order valence-electron chi connectivity index (χ0n) is 9.56. The lowest BCUT2D eigenvalue weighted by Gasteiger charge is -2.13. The first-order valence-corrected chi connectivity index (χ1v) is 5.14. The van der Waals surface area contributed by atoms with Crippen molar-refractivity contribution < 1.29 is 9.53 Å². The van der Waals surface area contributed by atoms with Crippen LogP contribution in [0, 0.1) is 0 Å². The molecule has 0 aromatic carbocycles. The monoisotopic (exact) mass is 223 g/mol. The number of methoxy groups -OCH3 is 1. The van der Waals surface area contributed by atoms with Crippen molar-refractivity contribution in [3.63, 3.8) is 0 Å². The van der Waals surface area contributed by atoms with Crippen molar-refractivity contribution in [1.82, 2.24) is 15.6 Å². The van der Waals surface area contributed by atoms with E-state index in [1.807, 2.05) is 19.1 Å². The van der Waals surface area contributed by atoms with Gasteiger partial charge in [-0.05, 0) is 18.6 Å².